The van der Waals surface area contributed by atoms with E-state index in [9.17, 15) is 14.4 Å². The molecule has 2 amide bonds. The Kier molecular flexibility index (Phi) is 6.93. The molecule has 0 spiro atoms. The van der Waals surface area contributed by atoms with Crippen molar-refractivity contribution in [3.05, 3.63) is 76.8 Å². The molecule has 9 nitrogen and oxygen atoms in total. The molecule has 3 N–H and O–H groups in total. The molecule has 2 aliphatic heterocycles. The average Bonchev–Trinajstić information content (AvgIpc) is 3.50. The summed E-state index contributed by atoms with van der Waals surface area (Å²) in [5, 5.41) is 5.92. The molecular formula is C31H30ClN5O4. The second-order valence-electron chi connectivity index (χ2n) is 10.3. The van der Waals surface area contributed by atoms with E-state index in [1.807, 2.05) is 54.6 Å². The van der Waals surface area contributed by atoms with Crippen LogP contribution in [0.1, 0.15) is 37.4 Å². The number of para-hydroxylation sites is 1. The van der Waals surface area contributed by atoms with Gasteiger partial charge in [0.25, 0.3) is 5.91 Å². The van der Waals surface area contributed by atoms with Crippen LogP contribution in [0.15, 0.2) is 60.7 Å². The second kappa shape index (κ2) is 10.6. The average molecular weight is 572 g/mol. The van der Waals surface area contributed by atoms with Gasteiger partial charge in [-0.3, -0.25) is 14.4 Å². The Morgan fingerprint density at radius 2 is 1.83 bits per heavy atom. The van der Waals surface area contributed by atoms with Crippen LogP contribution in [0.3, 0.4) is 0 Å². The highest BCUT2D eigenvalue weighted by molar-refractivity contribution is 6.30. The number of rotatable bonds is 6. The van der Waals surface area contributed by atoms with E-state index in [1.165, 1.54) is 18.9 Å². The molecule has 0 saturated carbocycles. The number of aromatic nitrogens is 1. The third kappa shape index (κ3) is 4.61. The number of nitrogens with two attached hydrogens (primary N) is 1. The highest BCUT2D eigenvalue weighted by Gasteiger charge is 2.42. The lowest BCUT2D eigenvalue weighted by Gasteiger charge is -2.37. The van der Waals surface area contributed by atoms with E-state index in [-0.39, 0.29) is 11.8 Å². The van der Waals surface area contributed by atoms with E-state index in [0.29, 0.717) is 48.0 Å². The van der Waals surface area contributed by atoms with Crippen LogP contribution in [0.25, 0.3) is 22.2 Å². The molecule has 0 fully saturated rings. The highest BCUT2D eigenvalue weighted by Crippen LogP contribution is 2.48. The lowest BCUT2D eigenvalue weighted by Crippen LogP contribution is -2.43. The van der Waals surface area contributed by atoms with Crippen molar-refractivity contribution in [1.29, 1.82) is 0 Å². The summed E-state index contributed by atoms with van der Waals surface area (Å²) in [6.07, 6.45) is 1.38. The van der Waals surface area contributed by atoms with Gasteiger partial charge in [0.15, 0.2) is 6.04 Å². The first-order chi connectivity index (χ1) is 19.8. The Balaban J connectivity index is 1.60. The van der Waals surface area contributed by atoms with E-state index in [0.717, 1.165) is 39.8 Å². The maximum Gasteiger partial charge on any atom is 0.329 e. The van der Waals surface area contributed by atoms with Crippen LogP contribution in [0.5, 0.6) is 0 Å². The van der Waals surface area contributed by atoms with Gasteiger partial charge in [-0.15, -0.1) is 0 Å². The van der Waals surface area contributed by atoms with Gasteiger partial charge in [0.05, 0.1) is 11.4 Å². The van der Waals surface area contributed by atoms with Crippen LogP contribution in [-0.2, 0) is 32.2 Å². The van der Waals surface area contributed by atoms with Crippen LogP contribution in [0, 0.1) is 0 Å². The van der Waals surface area contributed by atoms with Crippen LogP contribution >= 0.6 is 11.6 Å². The fraction of sp³-hybridized carbons (Fsp3) is 0.258. The molecule has 1 unspecified atom stereocenters. The number of benzene rings is 3. The summed E-state index contributed by atoms with van der Waals surface area (Å²) in [6.45, 7) is 4.52. The number of amides is 2. The van der Waals surface area contributed by atoms with Crippen molar-refractivity contribution in [2.45, 2.75) is 39.3 Å². The van der Waals surface area contributed by atoms with Gasteiger partial charge in [0.1, 0.15) is 5.69 Å². The Labute approximate surface area is 242 Å². The lowest BCUT2D eigenvalue weighted by molar-refractivity contribution is -0.144. The molecule has 1 atom stereocenters. The van der Waals surface area contributed by atoms with Crippen LogP contribution in [0.4, 0.5) is 17.1 Å². The summed E-state index contributed by atoms with van der Waals surface area (Å²) < 4.78 is 2.17. The minimum atomic E-state index is -0.996. The van der Waals surface area contributed by atoms with Gasteiger partial charge in [-0.2, -0.15) is 5.06 Å². The quantitative estimate of drug-likeness (QED) is 0.329. The van der Waals surface area contributed by atoms with Crippen molar-refractivity contribution in [2.75, 3.05) is 28.4 Å². The van der Waals surface area contributed by atoms with Crippen molar-refractivity contribution in [2.24, 2.45) is 5.73 Å². The predicted octanol–water partition coefficient (Wildman–Crippen LogP) is 5.20. The van der Waals surface area contributed by atoms with Gasteiger partial charge >= 0.3 is 5.97 Å². The summed E-state index contributed by atoms with van der Waals surface area (Å²) in [6, 6.07) is 18.1. The molecule has 0 bridgehead atoms. The van der Waals surface area contributed by atoms with E-state index in [1.54, 1.807) is 11.0 Å². The summed E-state index contributed by atoms with van der Waals surface area (Å²) in [5.74, 6) is -0.983. The fourth-order valence-corrected chi connectivity index (χ4v) is 6.10. The Hall–Kier alpha value is -4.34. The van der Waals surface area contributed by atoms with E-state index < -0.39 is 12.0 Å². The van der Waals surface area contributed by atoms with Crippen molar-refractivity contribution < 1.29 is 19.2 Å². The zero-order valence-electron chi connectivity index (χ0n) is 22.8. The fourth-order valence-electron chi connectivity index (χ4n) is 5.98. The first-order valence-corrected chi connectivity index (χ1v) is 14.0. The van der Waals surface area contributed by atoms with E-state index in [4.69, 9.17) is 22.2 Å². The standard InChI is InChI=1S/C31H30ClN5O4/c1-18(38)35-15-12-21-16-27-24(17-26(21)35)34-31(40)30(37(27)41-19(2)39)28-23-6-3-4-7-25(23)36(14-5-13-33)29(28)20-8-10-22(32)11-9-20/h3-4,6-11,16-17,30H,5,12-15,33H2,1-2H3,(H,34,40). The number of nitrogens with one attached hydrogen (secondary N) is 1. The number of carbonyl (C=O) groups is 3. The number of fused-ring (bicyclic) bond motifs is 3. The molecule has 3 heterocycles. The monoisotopic (exact) mass is 571 g/mol. The van der Waals surface area contributed by atoms with E-state index >= 15 is 0 Å². The summed E-state index contributed by atoms with van der Waals surface area (Å²) >= 11 is 6.25. The normalized spacial score (nSPS) is 16.0. The molecule has 0 saturated heterocycles. The van der Waals surface area contributed by atoms with Crippen LogP contribution < -0.4 is 21.0 Å². The number of aryl methyl sites for hydroxylation is 1. The summed E-state index contributed by atoms with van der Waals surface area (Å²) in [7, 11) is 0. The number of hydroxylamine groups is 1. The topological polar surface area (TPSA) is 110 Å². The third-order valence-corrected chi connectivity index (χ3v) is 7.92. The molecule has 10 heteroatoms. The van der Waals surface area contributed by atoms with Gasteiger partial charge < -0.3 is 25.4 Å². The number of halogens is 1. The molecule has 0 radical (unpaired) electrons. The highest BCUT2D eigenvalue weighted by atomic mass is 35.5. The molecule has 2 aliphatic rings. The largest absolute Gasteiger partial charge is 0.340 e. The molecule has 1 aromatic heterocycles. The smallest absolute Gasteiger partial charge is 0.329 e. The van der Waals surface area contributed by atoms with Gasteiger partial charge in [-0.25, -0.2) is 0 Å². The maximum absolute atomic E-state index is 14.1. The molecule has 4 aromatic rings. The van der Waals surface area contributed by atoms with Crippen molar-refractivity contribution in [1.82, 2.24) is 4.57 Å². The predicted molar refractivity (Wildman–Crippen MR) is 160 cm³/mol. The summed E-state index contributed by atoms with van der Waals surface area (Å²) in [5.41, 5.74) is 12.0. The lowest BCUT2D eigenvalue weighted by atomic mass is 9.95. The van der Waals surface area contributed by atoms with Crippen molar-refractivity contribution in [3.63, 3.8) is 0 Å². The van der Waals surface area contributed by atoms with Gasteiger partial charge in [0.2, 0.25) is 5.91 Å². The number of hydrogen-bond acceptors (Lipinski definition) is 6. The van der Waals surface area contributed by atoms with E-state index in [2.05, 4.69) is 9.88 Å². The van der Waals surface area contributed by atoms with Crippen LogP contribution in [-0.4, -0.2) is 35.4 Å². The Bertz CT molecular complexity index is 1700. The zero-order valence-corrected chi connectivity index (χ0v) is 23.6. The second-order valence-corrected chi connectivity index (χ2v) is 10.7. The Morgan fingerprint density at radius 3 is 2.54 bits per heavy atom. The molecule has 3 aromatic carbocycles. The summed E-state index contributed by atoms with van der Waals surface area (Å²) in [4.78, 5) is 46.3. The number of nitrogens with zero attached hydrogens (tertiary/aromatic N) is 3. The molecule has 0 aliphatic carbocycles. The first-order valence-electron chi connectivity index (χ1n) is 13.6. The molecule has 6 rings (SSSR count). The maximum atomic E-state index is 14.1. The minimum absolute atomic E-state index is 0.0709. The molecular weight excluding hydrogens is 542 g/mol. The minimum Gasteiger partial charge on any atom is -0.340 e. The Morgan fingerprint density at radius 1 is 1.07 bits per heavy atom. The van der Waals surface area contributed by atoms with Crippen LogP contribution in [0.2, 0.25) is 5.02 Å². The number of hydrogen-bond donors (Lipinski definition) is 2. The van der Waals surface area contributed by atoms with Crippen molar-refractivity contribution in [3.8, 4) is 11.3 Å². The van der Waals surface area contributed by atoms with Gasteiger partial charge in [-0.1, -0.05) is 41.9 Å². The molecule has 41 heavy (non-hydrogen) atoms. The van der Waals surface area contributed by atoms with Gasteiger partial charge in [0, 0.05) is 54.1 Å². The first kappa shape index (κ1) is 26.9. The zero-order chi connectivity index (χ0) is 28.8. The third-order valence-electron chi connectivity index (χ3n) is 7.66. The van der Waals surface area contributed by atoms with Gasteiger partial charge in [-0.05, 0) is 60.8 Å². The SMILES string of the molecule is CC(=O)ON1c2cc3c(cc2NC(=O)C1c1c(-c2ccc(Cl)cc2)n(CCCN)c2ccccc12)N(C(C)=O)CC3. The number of carbonyl (C=O) groups excluding carboxylic acids is 3. The number of anilines is 3. The molecule has 210 valence electrons. The van der Waals surface area contributed by atoms with Crippen molar-refractivity contribution >= 4 is 57.3 Å².